The number of imidazole rings is 1. The number of benzene rings is 5. The minimum Gasteiger partial charge on any atom is -0.497 e. The SMILES string of the molecule is COc1ccc(CN(Cc2ccc(OC)cc2)S(=O)(=O)c2c(S(=O)(=O)CCNC(=O)OC(C)(C)C)ccc(-c3cccc(-c4c[nH]c(N)n4)c3)c2-c2nnnn2Cc2ccc(OC)cc2)cc1. The number of aromatic amines is 1. The van der Waals surface area contributed by atoms with Crippen molar-refractivity contribution in [3.63, 3.8) is 0 Å². The third-order valence-corrected chi connectivity index (χ3v) is 14.2. The molecule has 0 bridgehead atoms. The van der Waals surface area contributed by atoms with Crippen LogP contribution in [0, 0.1) is 0 Å². The van der Waals surface area contributed by atoms with Gasteiger partial charge in [-0.2, -0.15) is 4.31 Å². The van der Waals surface area contributed by atoms with E-state index in [9.17, 15) is 13.2 Å². The summed E-state index contributed by atoms with van der Waals surface area (Å²) < 4.78 is 86.2. The fourth-order valence-corrected chi connectivity index (χ4v) is 10.8. The van der Waals surface area contributed by atoms with E-state index in [2.05, 4.69) is 30.8 Å². The van der Waals surface area contributed by atoms with Gasteiger partial charge in [-0.1, -0.05) is 60.7 Å². The molecule has 18 nitrogen and oxygen atoms in total. The molecule has 0 fully saturated rings. The Kier molecular flexibility index (Phi) is 14.3. The maximum absolute atomic E-state index is 16.1. The number of alkyl carbamates (subject to hydrolysis) is 1. The summed E-state index contributed by atoms with van der Waals surface area (Å²) in [7, 11) is -4.91. The van der Waals surface area contributed by atoms with E-state index >= 15 is 8.42 Å². The topological polar surface area (TPSA) is 236 Å². The second-order valence-electron chi connectivity index (χ2n) is 16.3. The van der Waals surface area contributed by atoms with Gasteiger partial charge in [0, 0.05) is 31.4 Å². The van der Waals surface area contributed by atoms with E-state index in [0.717, 1.165) is 5.56 Å². The molecule has 0 aliphatic rings. The van der Waals surface area contributed by atoms with E-state index < -0.39 is 53.6 Å². The summed E-state index contributed by atoms with van der Waals surface area (Å²) in [6.07, 6.45) is 0.797. The molecule has 0 spiro atoms. The van der Waals surface area contributed by atoms with E-state index in [4.69, 9.17) is 24.7 Å². The van der Waals surface area contributed by atoms with Crippen LogP contribution in [0.3, 0.4) is 0 Å². The Hall–Kier alpha value is -7.29. The zero-order chi connectivity index (χ0) is 47.9. The number of methoxy groups -OCH3 is 3. The lowest BCUT2D eigenvalue weighted by atomic mass is 9.96. The van der Waals surface area contributed by atoms with Crippen LogP contribution in [-0.2, 0) is 44.2 Å². The van der Waals surface area contributed by atoms with E-state index in [1.807, 2.05) is 18.2 Å². The highest BCUT2D eigenvalue weighted by Gasteiger charge is 2.38. The average Bonchev–Trinajstić information content (AvgIpc) is 3.97. The van der Waals surface area contributed by atoms with Crippen molar-refractivity contribution in [3.8, 4) is 51.0 Å². The lowest BCUT2D eigenvalue weighted by Crippen LogP contribution is -2.35. The van der Waals surface area contributed by atoms with Crippen LogP contribution in [0.5, 0.6) is 17.2 Å². The van der Waals surface area contributed by atoms with Gasteiger partial charge in [-0.25, -0.2) is 31.3 Å². The fourth-order valence-electron chi connectivity index (χ4n) is 7.19. The number of hydrogen-bond donors (Lipinski definition) is 3. The Bertz CT molecular complexity index is 3010. The number of nitrogens with zero attached hydrogens (tertiary/aromatic N) is 6. The first kappa shape index (κ1) is 47.7. The molecule has 4 N–H and O–H groups in total. The van der Waals surface area contributed by atoms with Crippen molar-refractivity contribution in [1.29, 1.82) is 0 Å². The van der Waals surface area contributed by atoms with Crippen molar-refractivity contribution in [2.24, 2.45) is 0 Å². The lowest BCUT2D eigenvalue weighted by molar-refractivity contribution is 0.0531. The lowest BCUT2D eigenvalue weighted by Gasteiger charge is -2.27. The molecule has 20 heteroatoms. The summed E-state index contributed by atoms with van der Waals surface area (Å²) in [5.41, 5.74) is 8.81. The first-order valence-corrected chi connectivity index (χ1v) is 24.0. The Morgan fingerprint density at radius 3 is 1.88 bits per heavy atom. The van der Waals surface area contributed by atoms with Gasteiger partial charge < -0.3 is 35.0 Å². The van der Waals surface area contributed by atoms with Crippen LogP contribution in [0.25, 0.3) is 33.8 Å². The summed E-state index contributed by atoms with van der Waals surface area (Å²) in [5.74, 6) is 1.17. The maximum atomic E-state index is 16.1. The van der Waals surface area contributed by atoms with E-state index in [1.54, 1.807) is 113 Å². The molecule has 0 saturated heterocycles. The summed E-state index contributed by atoms with van der Waals surface area (Å²) in [5, 5.41) is 15.3. The number of sulfonamides is 1. The number of aromatic nitrogens is 6. The molecule has 1 amide bonds. The summed E-state index contributed by atoms with van der Waals surface area (Å²) in [4.78, 5) is 18.8. The number of tetrazole rings is 1. The van der Waals surface area contributed by atoms with E-state index in [1.165, 1.54) is 35.3 Å². The van der Waals surface area contributed by atoms with Gasteiger partial charge in [0.2, 0.25) is 10.0 Å². The Morgan fingerprint density at radius 2 is 1.34 bits per heavy atom. The highest BCUT2D eigenvalue weighted by atomic mass is 32.2. The number of carbonyl (C=O) groups is 1. The Balaban J connectivity index is 1.50. The molecule has 0 aliphatic heterocycles. The second kappa shape index (κ2) is 20.1. The van der Waals surface area contributed by atoms with Gasteiger partial charge in [0.05, 0.1) is 49.8 Å². The van der Waals surface area contributed by atoms with Gasteiger partial charge in [0.15, 0.2) is 21.6 Å². The quantitative estimate of drug-likeness (QED) is 0.0808. The molecule has 0 aliphatic carbocycles. The average molecular weight is 950 g/mol. The molecular weight excluding hydrogens is 899 g/mol. The van der Waals surface area contributed by atoms with Gasteiger partial charge in [0.25, 0.3) is 0 Å². The Labute approximate surface area is 389 Å². The number of anilines is 1. The van der Waals surface area contributed by atoms with Crippen molar-refractivity contribution in [3.05, 3.63) is 132 Å². The maximum Gasteiger partial charge on any atom is 0.407 e. The van der Waals surface area contributed by atoms with Crippen LogP contribution < -0.4 is 25.3 Å². The molecule has 0 radical (unpaired) electrons. The standard InChI is InChI=1S/C47H51N9O9S2/c1-47(2,3)65-46(57)49-24-25-66(58,59)41-23-22-39(34-8-7-9-35(26-34)40-27-50-45(48)51-40)42(44-52-53-54-56(44)30-33-14-20-38(64-6)21-15-33)43(41)67(60,61)55(28-31-10-16-36(62-4)17-11-31)29-32-12-18-37(63-5)19-13-32/h7-23,26-27H,24-25,28-30H2,1-6H3,(H,49,57)(H3,48,50,51). The number of hydrogen-bond acceptors (Lipinski definition) is 14. The largest absolute Gasteiger partial charge is 0.497 e. The highest BCUT2D eigenvalue weighted by molar-refractivity contribution is 7.93. The number of amides is 1. The fraction of sp³-hybridized carbons (Fsp3) is 0.255. The molecule has 0 atom stereocenters. The number of rotatable bonds is 18. The summed E-state index contributed by atoms with van der Waals surface area (Å²) >= 11 is 0. The smallest absolute Gasteiger partial charge is 0.407 e. The van der Waals surface area contributed by atoms with Crippen LogP contribution in [-0.4, -0.2) is 96.6 Å². The minimum absolute atomic E-state index is 0.0448. The molecule has 350 valence electrons. The van der Waals surface area contributed by atoms with Gasteiger partial charge in [0.1, 0.15) is 27.7 Å². The highest BCUT2D eigenvalue weighted by Crippen LogP contribution is 2.43. The Morgan fingerprint density at radius 1 is 0.776 bits per heavy atom. The van der Waals surface area contributed by atoms with Crippen molar-refractivity contribution in [2.75, 3.05) is 39.4 Å². The van der Waals surface area contributed by atoms with Crippen LogP contribution in [0.1, 0.15) is 37.5 Å². The van der Waals surface area contributed by atoms with Crippen LogP contribution in [0.2, 0.25) is 0 Å². The molecule has 7 rings (SSSR count). The van der Waals surface area contributed by atoms with Crippen LogP contribution in [0.4, 0.5) is 10.7 Å². The molecular formula is C47H51N9O9S2. The van der Waals surface area contributed by atoms with Gasteiger partial charge in [-0.3, -0.25) is 0 Å². The minimum atomic E-state index is -4.93. The third-order valence-electron chi connectivity index (χ3n) is 10.4. The first-order valence-electron chi connectivity index (χ1n) is 20.9. The van der Waals surface area contributed by atoms with Crippen molar-refractivity contribution < 1.29 is 40.6 Å². The van der Waals surface area contributed by atoms with Gasteiger partial charge >= 0.3 is 6.09 Å². The number of H-pyrrole nitrogens is 1. The second-order valence-corrected chi connectivity index (χ2v) is 20.2. The molecule has 2 heterocycles. The predicted molar refractivity (Wildman–Crippen MR) is 251 cm³/mol. The zero-order valence-corrected chi connectivity index (χ0v) is 39.4. The molecule has 67 heavy (non-hydrogen) atoms. The van der Waals surface area contributed by atoms with Gasteiger partial charge in [-0.05, 0) is 108 Å². The third kappa shape index (κ3) is 11.4. The number of ether oxygens (including phenoxy) is 4. The van der Waals surface area contributed by atoms with E-state index in [-0.39, 0.29) is 42.5 Å². The summed E-state index contributed by atoms with van der Waals surface area (Å²) in [6.45, 7) is 4.28. The molecule has 5 aromatic carbocycles. The van der Waals surface area contributed by atoms with E-state index in [0.29, 0.717) is 45.2 Å². The number of sulfone groups is 1. The van der Waals surface area contributed by atoms with Crippen molar-refractivity contribution in [1.82, 2.24) is 39.8 Å². The first-order chi connectivity index (χ1) is 32.0. The van der Waals surface area contributed by atoms with Crippen LogP contribution in [0.15, 0.2) is 125 Å². The molecule has 0 saturated carbocycles. The summed E-state index contributed by atoms with van der Waals surface area (Å²) in [6, 6.07) is 30.8. The number of nitrogens with two attached hydrogens (primary N) is 1. The van der Waals surface area contributed by atoms with Crippen molar-refractivity contribution in [2.45, 2.75) is 55.8 Å². The monoisotopic (exact) mass is 949 g/mol. The van der Waals surface area contributed by atoms with Gasteiger partial charge in [-0.15, -0.1) is 5.10 Å². The predicted octanol–water partition coefficient (Wildman–Crippen LogP) is 6.74. The molecule has 2 aromatic heterocycles. The zero-order valence-electron chi connectivity index (χ0n) is 37.8. The number of nitrogen functional groups attached to an aromatic ring is 1. The number of carbonyl (C=O) groups excluding carboxylic acids is 1. The van der Waals surface area contributed by atoms with Crippen molar-refractivity contribution >= 4 is 31.9 Å². The molecule has 7 aromatic rings. The normalized spacial score (nSPS) is 11.9. The van der Waals surface area contributed by atoms with Crippen LogP contribution >= 0.6 is 0 Å². The molecule has 0 unspecified atom stereocenters. The number of nitrogens with one attached hydrogen (secondary N) is 2.